The van der Waals surface area contributed by atoms with Gasteiger partial charge in [0.05, 0.1) is 19.3 Å². The molecule has 3 rings (SSSR count). The fraction of sp³-hybridized carbons (Fsp3) is 0.650. The number of guanidine groups is 1. The molecule has 0 amide bonds. The van der Waals surface area contributed by atoms with Gasteiger partial charge in [0.15, 0.2) is 5.96 Å². The van der Waals surface area contributed by atoms with Crippen LogP contribution >= 0.6 is 0 Å². The van der Waals surface area contributed by atoms with Gasteiger partial charge in [0, 0.05) is 32.7 Å². The summed E-state index contributed by atoms with van der Waals surface area (Å²) in [6, 6.07) is 8.22. The summed E-state index contributed by atoms with van der Waals surface area (Å²) >= 11 is 0. The monoisotopic (exact) mass is 361 g/mol. The van der Waals surface area contributed by atoms with E-state index in [1.165, 1.54) is 5.56 Å². The van der Waals surface area contributed by atoms with Gasteiger partial charge >= 0.3 is 0 Å². The Bertz CT molecular complexity index is 548. The fourth-order valence-electron chi connectivity index (χ4n) is 3.26. The Morgan fingerprint density at radius 2 is 2.19 bits per heavy atom. The van der Waals surface area contributed by atoms with Crippen LogP contribution < -0.4 is 15.4 Å². The Morgan fingerprint density at radius 3 is 3.00 bits per heavy atom. The molecule has 0 aliphatic carbocycles. The van der Waals surface area contributed by atoms with Gasteiger partial charge < -0.3 is 24.8 Å². The molecule has 2 N–H and O–H groups in total. The lowest BCUT2D eigenvalue weighted by Crippen LogP contribution is -2.39. The Kier molecular flexibility index (Phi) is 7.58. The maximum absolute atomic E-state index is 5.95. The summed E-state index contributed by atoms with van der Waals surface area (Å²) in [4.78, 5) is 4.67. The highest BCUT2D eigenvalue weighted by Gasteiger charge is 2.21. The number of aliphatic imine (C=N–C) groups is 1. The summed E-state index contributed by atoms with van der Waals surface area (Å²) in [7, 11) is 0. The Balaban J connectivity index is 1.32. The van der Waals surface area contributed by atoms with Crippen LogP contribution in [0.5, 0.6) is 5.75 Å². The second-order valence-electron chi connectivity index (χ2n) is 6.76. The van der Waals surface area contributed by atoms with Gasteiger partial charge in [-0.2, -0.15) is 0 Å². The predicted molar refractivity (Wildman–Crippen MR) is 103 cm³/mol. The largest absolute Gasteiger partial charge is 0.488 e. The molecule has 2 aliphatic heterocycles. The van der Waals surface area contributed by atoms with Crippen molar-refractivity contribution in [2.75, 3.05) is 39.5 Å². The third kappa shape index (κ3) is 5.88. The number of hydrogen-bond donors (Lipinski definition) is 2. The van der Waals surface area contributed by atoms with Crippen LogP contribution in [0.1, 0.15) is 31.7 Å². The zero-order valence-electron chi connectivity index (χ0n) is 15.7. The quantitative estimate of drug-likeness (QED) is 0.401. The first-order valence-electron chi connectivity index (χ1n) is 9.81. The second-order valence-corrected chi connectivity index (χ2v) is 6.76. The van der Waals surface area contributed by atoms with Crippen molar-refractivity contribution in [2.24, 2.45) is 4.99 Å². The average Bonchev–Trinajstić information content (AvgIpc) is 3.31. The fourth-order valence-corrected chi connectivity index (χ4v) is 3.26. The van der Waals surface area contributed by atoms with Gasteiger partial charge in [-0.05, 0) is 37.8 Å². The molecule has 0 spiro atoms. The van der Waals surface area contributed by atoms with E-state index in [2.05, 4.69) is 34.7 Å². The summed E-state index contributed by atoms with van der Waals surface area (Å²) in [5.74, 6) is 1.83. The summed E-state index contributed by atoms with van der Waals surface area (Å²) in [6.07, 6.45) is 4.59. The molecule has 1 aromatic carbocycles. The zero-order valence-corrected chi connectivity index (χ0v) is 15.7. The Labute approximate surface area is 156 Å². The van der Waals surface area contributed by atoms with Crippen molar-refractivity contribution in [1.29, 1.82) is 0 Å². The molecule has 0 radical (unpaired) electrons. The molecule has 0 saturated carbocycles. The van der Waals surface area contributed by atoms with E-state index < -0.39 is 0 Å². The summed E-state index contributed by atoms with van der Waals surface area (Å²) < 4.78 is 17.2. The molecular formula is C20H31N3O3. The van der Waals surface area contributed by atoms with E-state index in [1.54, 1.807) is 0 Å². The van der Waals surface area contributed by atoms with E-state index in [-0.39, 0.29) is 6.10 Å². The summed E-state index contributed by atoms with van der Waals surface area (Å²) in [5.41, 5.74) is 1.27. The number of hydrogen-bond acceptors (Lipinski definition) is 4. The zero-order chi connectivity index (χ0) is 18.0. The van der Waals surface area contributed by atoms with Crippen LogP contribution in [0.4, 0.5) is 0 Å². The second kappa shape index (κ2) is 10.4. The topological polar surface area (TPSA) is 64.1 Å². The first-order chi connectivity index (χ1) is 12.8. The van der Waals surface area contributed by atoms with Gasteiger partial charge in [0.1, 0.15) is 11.9 Å². The highest BCUT2D eigenvalue weighted by Crippen LogP contribution is 2.28. The van der Waals surface area contributed by atoms with E-state index in [1.807, 2.05) is 12.1 Å². The molecule has 6 heteroatoms. The molecule has 0 bridgehead atoms. The van der Waals surface area contributed by atoms with Gasteiger partial charge in [-0.3, -0.25) is 0 Å². The van der Waals surface area contributed by atoms with Crippen LogP contribution in [-0.2, 0) is 15.9 Å². The lowest BCUT2D eigenvalue weighted by molar-refractivity contribution is 0.0168. The summed E-state index contributed by atoms with van der Waals surface area (Å²) in [6.45, 7) is 6.74. The normalized spacial score (nSPS) is 22.1. The van der Waals surface area contributed by atoms with Crippen molar-refractivity contribution in [1.82, 2.24) is 10.6 Å². The van der Waals surface area contributed by atoms with Crippen LogP contribution in [0.2, 0.25) is 0 Å². The first-order valence-corrected chi connectivity index (χ1v) is 9.81. The van der Waals surface area contributed by atoms with Crippen LogP contribution in [-0.4, -0.2) is 57.6 Å². The molecule has 1 aromatic rings. The Hall–Kier alpha value is -1.79. The minimum atomic E-state index is 0.123. The highest BCUT2D eigenvalue weighted by atomic mass is 16.5. The molecule has 2 atom stereocenters. The van der Waals surface area contributed by atoms with Crippen molar-refractivity contribution in [3.63, 3.8) is 0 Å². The van der Waals surface area contributed by atoms with E-state index in [4.69, 9.17) is 14.2 Å². The van der Waals surface area contributed by atoms with Gasteiger partial charge in [-0.15, -0.1) is 0 Å². The molecule has 6 nitrogen and oxygen atoms in total. The van der Waals surface area contributed by atoms with E-state index in [0.717, 1.165) is 63.7 Å². The summed E-state index contributed by atoms with van der Waals surface area (Å²) in [5, 5.41) is 6.65. The molecule has 144 valence electrons. The predicted octanol–water partition coefficient (Wildman–Crippen LogP) is 2.13. The molecule has 26 heavy (non-hydrogen) atoms. The van der Waals surface area contributed by atoms with E-state index in [0.29, 0.717) is 19.3 Å². The smallest absolute Gasteiger partial charge is 0.191 e. The number of rotatable bonds is 9. The van der Waals surface area contributed by atoms with E-state index >= 15 is 0 Å². The first kappa shape index (κ1) is 19.0. The lowest BCUT2D eigenvalue weighted by Gasteiger charge is -2.14. The standard InChI is InChI=1S/C20H31N3O3/c1-2-21-20(22-10-6-11-24-15-17-8-5-12-25-17)23-14-18-13-16-7-3-4-9-19(16)26-18/h3-4,7,9,17-18H,2,5-6,8,10-15H2,1H3,(H2,21,22,23). The number of nitrogens with one attached hydrogen (secondary N) is 2. The van der Waals surface area contributed by atoms with Crippen molar-refractivity contribution in [3.8, 4) is 5.75 Å². The van der Waals surface area contributed by atoms with Crippen molar-refractivity contribution < 1.29 is 14.2 Å². The highest BCUT2D eigenvalue weighted by molar-refractivity contribution is 5.79. The van der Waals surface area contributed by atoms with Gasteiger partial charge in [0.2, 0.25) is 0 Å². The Morgan fingerprint density at radius 1 is 1.27 bits per heavy atom. The molecule has 2 heterocycles. The third-order valence-electron chi connectivity index (χ3n) is 4.60. The number of benzene rings is 1. The minimum Gasteiger partial charge on any atom is -0.488 e. The number of fused-ring (bicyclic) bond motifs is 1. The van der Waals surface area contributed by atoms with E-state index in [9.17, 15) is 0 Å². The van der Waals surface area contributed by atoms with Gasteiger partial charge in [0.25, 0.3) is 0 Å². The lowest BCUT2D eigenvalue weighted by atomic mass is 10.1. The van der Waals surface area contributed by atoms with Crippen LogP contribution in [0.3, 0.4) is 0 Å². The molecule has 0 aromatic heterocycles. The van der Waals surface area contributed by atoms with Crippen molar-refractivity contribution >= 4 is 5.96 Å². The van der Waals surface area contributed by atoms with Crippen molar-refractivity contribution in [2.45, 2.75) is 44.8 Å². The molecule has 2 aliphatic rings. The molecule has 2 unspecified atom stereocenters. The van der Waals surface area contributed by atoms with Crippen molar-refractivity contribution in [3.05, 3.63) is 29.8 Å². The van der Waals surface area contributed by atoms with Crippen LogP contribution in [0, 0.1) is 0 Å². The SMILES string of the molecule is CCNC(=NCC1Cc2ccccc2O1)NCCCOCC1CCCO1. The number of nitrogens with zero attached hydrogens (tertiary/aromatic N) is 1. The number of para-hydroxylation sites is 1. The molecule has 1 saturated heterocycles. The average molecular weight is 361 g/mol. The molecule has 1 fully saturated rings. The van der Waals surface area contributed by atoms with Gasteiger partial charge in [-0.1, -0.05) is 18.2 Å². The van der Waals surface area contributed by atoms with Gasteiger partial charge in [-0.25, -0.2) is 4.99 Å². The molecular weight excluding hydrogens is 330 g/mol. The van der Waals surface area contributed by atoms with Crippen LogP contribution in [0.25, 0.3) is 0 Å². The van der Waals surface area contributed by atoms with Crippen LogP contribution in [0.15, 0.2) is 29.3 Å². The third-order valence-corrected chi connectivity index (χ3v) is 4.60. The maximum Gasteiger partial charge on any atom is 0.191 e. The maximum atomic E-state index is 5.95. The minimum absolute atomic E-state index is 0.123. The number of ether oxygens (including phenoxy) is 3.